The molecule has 2 aliphatic rings. The lowest BCUT2D eigenvalue weighted by Gasteiger charge is -2.50. The molecule has 0 aromatic heterocycles. The molecule has 2 heterocycles. The quantitative estimate of drug-likeness (QED) is 0.0436. The van der Waals surface area contributed by atoms with Gasteiger partial charge in [-0.3, -0.25) is 0 Å². The van der Waals surface area contributed by atoms with E-state index in [9.17, 15) is 0 Å². The number of benzene rings is 4. The second-order valence-corrected chi connectivity index (χ2v) is 22.4. The van der Waals surface area contributed by atoms with E-state index in [1.165, 1.54) is 0 Å². The Labute approximate surface area is 365 Å². The van der Waals surface area contributed by atoms with Gasteiger partial charge in [0.2, 0.25) is 0 Å². The lowest BCUT2D eigenvalue weighted by Crippen LogP contribution is -2.63. The minimum atomic E-state index is -2.41. The summed E-state index contributed by atoms with van der Waals surface area (Å²) in [7, 11) is -0.777. The van der Waals surface area contributed by atoms with Crippen molar-refractivity contribution in [2.24, 2.45) is 0 Å². The van der Waals surface area contributed by atoms with Crippen molar-refractivity contribution in [1.29, 1.82) is 0 Å². The van der Waals surface area contributed by atoms with Crippen molar-refractivity contribution in [3.63, 3.8) is 0 Å². The second-order valence-electron chi connectivity index (χ2n) is 17.6. The number of methoxy groups -OCH3 is 1. The van der Waals surface area contributed by atoms with Crippen LogP contribution < -0.4 is 0 Å². The maximum absolute atomic E-state index is 7.48. The SMILES string of the molecule is COCOCC[C@@H]1O[C@H](CC2=CCC[C@H](OCc3ccccc3)[C@@H](COCc3ccccc3)O2)[C@@H](O[Si](C)(C)C(C)(C)C)[C@H](OCc2ccccc2)[C@H]1OCc1ccccc1. The molecule has 0 saturated carbocycles. The summed E-state index contributed by atoms with van der Waals surface area (Å²) in [6.45, 7) is 14.1. The standard InChI is InChI=1S/C51H68O9Si/c1-51(2,3)61(5,6)60-49-46(32-43-28-19-29-44(55-34-40-22-13-8-14-23-40)47(58-43)37-54-33-39-20-11-7-12-21-39)59-45(30-31-53-38-52-4)48(56-35-41-24-15-9-16-25-41)50(49)57-36-42-26-17-10-18-27-42/h7-18,20-28,44-50H,19,29-38H2,1-6H3/t44-,45-,46+,47+,48-,49+,50+/m0/s1. The molecule has 4 aromatic rings. The van der Waals surface area contributed by atoms with Crippen molar-refractivity contribution in [2.45, 2.75) is 134 Å². The average Bonchev–Trinajstić information content (AvgIpc) is 3.46. The Hall–Kier alpha value is -3.68. The zero-order valence-corrected chi connectivity index (χ0v) is 38.1. The molecule has 7 atom stereocenters. The molecule has 61 heavy (non-hydrogen) atoms. The molecule has 0 unspecified atom stereocenters. The normalized spacial score (nSPS) is 23.5. The third-order valence-corrected chi connectivity index (χ3v) is 16.4. The lowest BCUT2D eigenvalue weighted by atomic mass is 9.91. The first kappa shape index (κ1) is 46.8. The van der Waals surface area contributed by atoms with Crippen molar-refractivity contribution in [1.82, 2.24) is 0 Å². The molecule has 6 rings (SSSR count). The van der Waals surface area contributed by atoms with E-state index in [-0.39, 0.29) is 30.1 Å². The van der Waals surface area contributed by atoms with E-state index in [1.807, 2.05) is 72.8 Å². The number of rotatable bonds is 22. The van der Waals surface area contributed by atoms with Crippen LogP contribution in [0.3, 0.4) is 0 Å². The van der Waals surface area contributed by atoms with Crippen LogP contribution in [0.1, 0.15) is 68.7 Å². The van der Waals surface area contributed by atoms with Gasteiger partial charge in [0.1, 0.15) is 31.2 Å². The summed E-state index contributed by atoms with van der Waals surface area (Å²) in [6, 6.07) is 41.1. The Morgan fingerprint density at radius 1 is 0.607 bits per heavy atom. The van der Waals surface area contributed by atoms with Crippen molar-refractivity contribution in [3.05, 3.63) is 155 Å². The van der Waals surface area contributed by atoms with E-state index in [4.69, 9.17) is 42.3 Å². The molecule has 0 radical (unpaired) electrons. The highest BCUT2D eigenvalue weighted by Crippen LogP contribution is 2.42. The first-order valence-corrected chi connectivity index (χ1v) is 24.8. The average molecular weight is 853 g/mol. The summed E-state index contributed by atoms with van der Waals surface area (Å²) >= 11 is 0. The van der Waals surface area contributed by atoms with Crippen LogP contribution in [-0.2, 0) is 68.7 Å². The molecule has 0 amide bonds. The Morgan fingerprint density at radius 2 is 1.13 bits per heavy atom. The van der Waals surface area contributed by atoms with Crippen LogP contribution in [-0.4, -0.2) is 78.2 Å². The molecular weight excluding hydrogens is 785 g/mol. The van der Waals surface area contributed by atoms with Gasteiger partial charge in [0, 0.05) is 13.5 Å². The molecule has 9 nitrogen and oxygen atoms in total. The summed E-state index contributed by atoms with van der Waals surface area (Å²) in [6.07, 6.45) is 2.13. The fourth-order valence-electron chi connectivity index (χ4n) is 7.53. The Bertz CT molecular complexity index is 1840. The number of ether oxygens (including phenoxy) is 8. The highest BCUT2D eigenvalue weighted by molar-refractivity contribution is 6.74. The van der Waals surface area contributed by atoms with Gasteiger partial charge in [-0.05, 0) is 65.7 Å². The molecule has 0 bridgehead atoms. The molecule has 4 aromatic carbocycles. The predicted molar refractivity (Wildman–Crippen MR) is 241 cm³/mol. The minimum absolute atomic E-state index is 0.0741. The van der Waals surface area contributed by atoms with Gasteiger partial charge in [0.25, 0.3) is 0 Å². The Balaban J connectivity index is 1.31. The molecular formula is C51H68O9Si. The van der Waals surface area contributed by atoms with Gasteiger partial charge in [0.15, 0.2) is 8.32 Å². The highest BCUT2D eigenvalue weighted by Gasteiger charge is 2.52. The van der Waals surface area contributed by atoms with Gasteiger partial charge in [-0.25, -0.2) is 0 Å². The van der Waals surface area contributed by atoms with Crippen LogP contribution in [0.2, 0.25) is 18.1 Å². The van der Waals surface area contributed by atoms with Gasteiger partial charge in [-0.15, -0.1) is 0 Å². The fourth-order valence-corrected chi connectivity index (χ4v) is 8.85. The topological polar surface area (TPSA) is 83.1 Å². The lowest BCUT2D eigenvalue weighted by molar-refractivity contribution is -0.253. The summed E-state index contributed by atoms with van der Waals surface area (Å²) in [5, 5.41) is -0.0741. The monoisotopic (exact) mass is 852 g/mol. The fraction of sp³-hybridized carbons (Fsp3) is 0.490. The largest absolute Gasteiger partial charge is 0.490 e. The Kier molecular flexibility index (Phi) is 18.2. The summed E-state index contributed by atoms with van der Waals surface area (Å²) in [5.74, 6) is 0.841. The Morgan fingerprint density at radius 3 is 1.67 bits per heavy atom. The second kappa shape index (κ2) is 23.7. The first-order valence-electron chi connectivity index (χ1n) is 21.9. The smallest absolute Gasteiger partial charge is 0.192 e. The highest BCUT2D eigenvalue weighted by atomic mass is 28.4. The predicted octanol–water partition coefficient (Wildman–Crippen LogP) is 10.6. The third-order valence-electron chi connectivity index (χ3n) is 11.9. The van der Waals surface area contributed by atoms with Gasteiger partial charge in [0.05, 0.1) is 63.7 Å². The molecule has 330 valence electrons. The van der Waals surface area contributed by atoms with Crippen LogP contribution in [0.5, 0.6) is 0 Å². The number of allylic oxidation sites excluding steroid dienone is 1. The van der Waals surface area contributed by atoms with Crippen molar-refractivity contribution in [2.75, 3.05) is 27.1 Å². The molecule has 1 saturated heterocycles. The summed E-state index contributed by atoms with van der Waals surface area (Å²) < 4.78 is 59.9. The minimum Gasteiger partial charge on any atom is -0.490 e. The van der Waals surface area contributed by atoms with Gasteiger partial charge in [-0.1, -0.05) is 142 Å². The summed E-state index contributed by atoms with van der Waals surface area (Å²) in [5.41, 5.74) is 4.38. The number of hydrogen-bond donors (Lipinski definition) is 0. The van der Waals surface area contributed by atoms with Crippen LogP contribution in [0.15, 0.2) is 133 Å². The maximum atomic E-state index is 7.48. The van der Waals surface area contributed by atoms with Crippen molar-refractivity contribution in [3.8, 4) is 0 Å². The molecule has 0 N–H and O–H groups in total. The van der Waals surface area contributed by atoms with E-state index < -0.39 is 32.7 Å². The molecule has 10 heteroatoms. The molecule has 0 spiro atoms. The van der Waals surface area contributed by atoms with Crippen LogP contribution in [0.25, 0.3) is 0 Å². The summed E-state index contributed by atoms with van der Waals surface area (Å²) in [4.78, 5) is 0. The zero-order valence-electron chi connectivity index (χ0n) is 37.1. The van der Waals surface area contributed by atoms with Gasteiger partial charge >= 0.3 is 0 Å². The van der Waals surface area contributed by atoms with E-state index >= 15 is 0 Å². The van der Waals surface area contributed by atoms with Crippen LogP contribution in [0.4, 0.5) is 0 Å². The van der Waals surface area contributed by atoms with Crippen molar-refractivity contribution < 1.29 is 42.3 Å². The van der Waals surface area contributed by atoms with E-state index in [0.29, 0.717) is 52.5 Å². The molecule has 0 aliphatic carbocycles. The number of hydrogen-bond acceptors (Lipinski definition) is 9. The molecule has 2 aliphatic heterocycles. The maximum Gasteiger partial charge on any atom is 0.192 e. The van der Waals surface area contributed by atoms with Gasteiger partial charge in [-0.2, -0.15) is 0 Å². The van der Waals surface area contributed by atoms with E-state index in [2.05, 4.69) is 88.5 Å². The van der Waals surface area contributed by atoms with Crippen LogP contribution in [0, 0.1) is 0 Å². The van der Waals surface area contributed by atoms with Gasteiger partial charge < -0.3 is 42.3 Å². The molecule has 1 fully saturated rings. The van der Waals surface area contributed by atoms with Crippen molar-refractivity contribution >= 4 is 8.32 Å². The first-order chi connectivity index (χ1) is 29.6. The zero-order chi connectivity index (χ0) is 42.9. The third kappa shape index (κ3) is 14.4. The van der Waals surface area contributed by atoms with E-state index in [0.717, 1.165) is 40.9 Å². The van der Waals surface area contributed by atoms with Crippen LogP contribution >= 0.6 is 0 Å². The van der Waals surface area contributed by atoms with E-state index in [1.54, 1.807) is 7.11 Å².